The van der Waals surface area contributed by atoms with Crippen molar-refractivity contribution in [2.24, 2.45) is 17.8 Å². The number of hydrogen-bond donors (Lipinski definition) is 2. The fraction of sp³-hybridized carbons (Fsp3) is 0.875. The molecule has 0 aliphatic heterocycles. The number of carboxylic acid groups (broad SMARTS) is 1. The van der Waals surface area contributed by atoms with E-state index in [2.05, 4.69) is 5.32 Å². The molecule has 0 aromatic carbocycles. The zero-order valence-corrected chi connectivity index (χ0v) is 13.2. The lowest BCUT2D eigenvalue weighted by molar-refractivity contribution is -0.143. The first-order chi connectivity index (χ1) is 9.79. The van der Waals surface area contributed by atoms with Crippen molar-refractivity contribution in [1.29, 1.82) is 0 Å². The van der Waals surface area contributed by atoms with Gasteiger partial charge in [-0.3, -0.25) is 4.79 Å². The average molecular weight is 297 g/mol. The summed E-state index contributed by atoms with van der Waals surface area (Å²) in [6, 6.07) is -0.845. The van der Waals surface area contributed by atoms with E-state index in [0.29, 0.717) is 24.9 Å². The SMILES string of the molecule is CC(C)(C)OCCC(NC(=O)C1C2CCCCC21)C(=O)O. The number of aliphatic carboxylic acids is 1. The molecule has 3 unspecified atom stereocenters. The summed E-state index contributed by atoms with van der Waals surface area (Å²) in [7, 11) is 0. The van der Waals surface area contributed by atoms with Crippen LogP contribution in [-0.4, -0.2) is 35.2 Å². The predicted octanol–water partition coefficient (Wildman–Crippen LogP) is 2.20. The Labute approximate surface area is 126 Å². The van der Waals surface area contributed by atoms with Gasteiger partial charge in [0.05, 0.1) is 5.60 Å². The third-order valence-electron chi connectivity index (χ3n) is 4.52. The Bertz CT molecular complexity index is 390. The Hall–Kier alpha value is -1.10. The molecule has 120 valence electrons. The Morgan fingerprint density at radius 3 is 2.29 bits per heavy atom. The van der Waals surface area contributed by atoms with E-state index in [0.717, 1.165) is 12.8 Å². The molecule has 0 aromatic heterocycles. The van der Waals surface area contributed by atoms with Crippen LogP contribution in [0.4, 0.5) is 0 Å². The number of amides is 1. The molecule has 2 N–H and O–H groups in total. The van der Waals surface area contributed by atoms with Crippen LogP contribution in [0.2, 0.25) is 0 Å². The third kappa shape index (κ3) is 4.43. The van der Waals surface area contributed by atoms with E-state index in [-0.39, 0.29) is 17.4 Å². The molecular weight excluding hydrogens is 270 g/mol. The van der Waals surface area contributed by atoms with Crippen LogP contribution < -0.4 is 5.32 Å². The van der Waals surface area contributed by atoms with Crippen LogP contribution >= 0.6 is 0 Å². The lowest BCUT2D eigenvalue weighted by atomic mass is 10.0. The van der Waals surface area contributed by atoms with Crippen LogP contribution in [0.3, 0.4) is 0 Å². The van der Waals surface area contributed by atoms with E-state index in [9.17, 15) is 14.7 Å². The fourth-order valence-electron chi connectivity index (χ4n) is 3.39. The predicted molar refractivity (Wildman–Crippen MR) is 78.8 cm³/mol. The normalized spacial score (nSPS) is 29.4. The number of ether oxygens (including phenoxy) is 1. The second-order valence-electron chi connectivity index (χ2n) is 7.29. The number of carboxylic acids is 1. The van der Waals surface area contributed by atoms with Gasteiger partial charge in [-0.15, -0.1) is 0 Å². The van der Waals surface area contributed by atoms with E-state index in [4.69, 9.17) is 4.74 Å². The van der Waals surface area contributed by atoms with Crippen molar-refractivity contribution >= 4 is 11.9 Å². The van der Waals surface area contributed by atoms with Gasteiger partial charge in [0.15, 0.2) is 0 Å². The van der Waals surface area contributed by atoms with Crippen molar-refractivity contribution in [2.75, 3.05) is 6.61 Å². The fourth-order valence-corrected chi connectivity index (χ4v) is 3.39. The van der Waals surface area contributed by atoms with E-state index in [1.54, 1.807) is 0 Å². The molecule has 0 spiro atoms. The summed E-state index contributed by atoms with van der Waals surface area (Å²) in [5.74, 6) is -0.00420. The first kappa shape index (κ1) is 16.3. The molecule has 0 radical (unpaired) electrons. The van der Waals surface area contributed by atoms with Gasteiger partial charge in [-0.25, -0.2) is 4.79 Å². The lowest BCUT2D eigenvalue weighted by Crippen LogP contribution is -2.43. The standard InChI is InChI=1S/C16H27NO4/c1-16(2,3)21-9-8-12(15(19)20)17-14(18)13-10-6-4-5-7-11(10)13/h10-13H,4-9H2,1-3H3,(H,17,18)(H,19,20). The zero-order chi connectivity index (χ0) is 15.6. The van der Waals surface area contributed by atoms with Crippen molar-refractivity contribution in [2.45, 2.75) is 64.5 Å². The molecule has 0 heterocycles. The number of carbonyl (C=O) groups is 2. The number of nitrogens with one attached hydrogen (secondary N) is 1. The summed E-state index contributed by atoms with van der Waals surface area (Å²) < 4.78 is 5.55. The Balaban J connectivity index is 1.80. The smallest absolute Gasteiger partial charge is 0.326 e. The second-order valence-corrected chi connectivity index (χ2v) is 7.29. The van der Waals surface area contributed by atoms with Gasteiger partial charge in [-0.2, -0.15) is 0 Å². The number of fused-ring (bicyclic) bond motifs is 1. The van der Waals surface area contributed by atoms with E-state index >= 15 is 0 Å². The van der Waals surface area contributed by atoms with Crippen LogP contribution in [0, 0.1) is 17.8 Å². The maximum atomic E-state index is 12.2. The van der Waals surface area contributed by atoms with Crippen molar-refractivity contribution in [3.63, 3.8) is 0 Å². The zero-order valence-electron chi connectivity index (χ0n) is 13.2. The highest BCUT2D eigenvalue weighted by Crippen LogP contribution is 2.55. The molecule has 3 atom stereocenters. The van der Waals surface area contributed by atoms with Gasteiger partial charge < -0.3 is 15.2 Å². The highest BCUT2D eigenvalue weighted by atomic mass is 16.5. The molecule has 2 rings (SSSR count). The summed E-state index contributed by atoms with van der Waals surface area (Å²) >= 11 is 0. The minimum absolute atomic E-state index is 0.0536. The highest BCUT2D eigenvalue weighted by molar-refractivity contribution is 5.87. The third-order valence-corrected chi connectivity index (χ3v) is 4.52. The van der Waals surface area contributed by atoms with Crippen LogP contribution in [0.5, 0.6) is 0 Å². The van der Waals surface area contributed by atoms with E-state index < -0.39 is 12.0 Å². The van der Waals surface area contributed by atoms with Crippen molar-refractivity contribution in [3.8, 4) is 0 Å². The van der Waals surface area contributed by atoms with Crippen LogP contribution in [-0.2, 0) is 14.3 Å². The Morgan fingerprint density at radius 2 is 1.81 bits per heavy atom. The molecule has 0 saturated heterocycles. The molecule has 0 aromatic rings. The van der Waals surface area contributed by atoms with Gasteiger partial charge in [0.25, 0.3) is 0 Å². The molecular formula is C16H27NO4. The Morgan fingerprint density at radius 1 is 1.24 bits per heavy atom. The maximum absolute atomic E-state index is 12.2. The highest BCUT2D eigenvalue weighted by Gasteiger charge is 2.55. The van der Waals surface area contributed by atoms with Crippen molar-refractivity contribution in [1.82, 2.24) is 5.32 Å². The summed E-state index contributed by atoms with van der Waals surface area (Å²) in [5, 5.41) is 11.9. The van der Waals surface area contributed by atoms with Gasteiger partial charge in [0, 0.05) is 18.9 Å². The minimum atomic E-state index is -0.982. The molecule has 1 amide bonds. The second kappa shape index (κ2) is 6.34. The quantitative estimate of drug-likeness (QED) is 0.788. The molecule has 5 nitrogen and oxygen atoms in total. The largest absolute Gasteiger partial charge is 0.480 e. The molecule has 2 saturated carbocycles. The Kier molecular flexibility index (Phi) is 4.91. The minimum Gasteiger partial charge on any atom is -0.480 e. The first-order valence-corrected chi connectivity index (χ1v) is 7.97. The van der Waals surface area contributed by atoms with Gasteiger partial charge in [-0.1, -0.05) is 12.8 Å². The van der Waals surface area contributed by atoms with Crippen molar-refractivity contribution in [3.05, 3.63) is 0 Å². The molecule has 2 aliphatic rings. The summed E-state index contributed by atoms with van der Waals surface area (Å²) in [5.41, 5.74) is -0.293. The molecule has 21 heavy (non-hydrogen) atoms. The summed E-state index contributed by atoms with van der Waals surface area (Å²) in [6.07, 6.45) is 4.95. The molecule has 2 aliphatic carbocycles. The molecule has 2 fully saturated rings. The van der Waals surface area contributed by atoms with Crippen LogP contribution in [0.15, 0.2) is 0 Å². The van der Waals surface area contributed by atoms with E-state index in [1.807, 2.05) is 20.8 Å². The summed E-state index contributed by atoms with van der Waals surface area (Å²) in [6.45, 7) is 6.11. The van der Waals surface area contributed by atoms with Gasteiger partial charge in [0.1, 0.15) is 6.04 Å². The van der Waals surface area contributed by atoms with Gasteiger partial charge >= 0.3 is 5.97 Å². The van der Waals surface area contributed by atoms with Crippen molar-refractivity contribution < 1.29 is 19.4 Å². The van der Waals surface area contributed by atoms with E-state index in [1.165, 1.54) is 12.8 Å². The number of hydrogen-bond acceptors (Lipinski definition) is 3. The monoisotopic (exact) mass is 297 g/mol. The van der Waals surface area contributed by atoms with Crippen LogP contribution in [0.1, 0.15) is 52.9 Å². The molecule has 0 bridgehead atoms. The maximum Gasteiger partial charge on any atom is 0.326 e. The first-order valence-electron chi connectivity index (χ1n) is 7.97. The number of rotatable bonds is 6. The lowest BCUT2D eigenvalue weighted by Gasteiger charge is -2.21. The van der Waals surface area contributed by atoms with Crippen LogP contribution in [0.25, 0.3) is 0 Å². The van der Waals surface area contributed by atoms with Gasteiger partial charge in [0.2, 0.25) is 5.91 Å². The van der Waals surface area contributed by atoms with Gasteiger partial charge in [-0.05, 0) is 45.4 Å². The topological polar surface area (TPSA) is 75.6 Å². The number of carbonyl (C=O) groups excluding carboxylic acids is 1. The summed E-state index contributed by atoms with van der Waals surface area (Å²) in [4.78, 5) is 23.5. The molecule has 5 heteroatoms. The average Bonchev–Trinajstić information content (AvgIpc) is 3.10.